The Balaban J connectivity index is 0.000000944. The lowest BCUT2D eigenvalue weighted by molar-refractivity contribution is 0.112. The van der Waals surface area contributed by atoms with Gasteiger partial charge in [-0.05, 0) is 43.1 Å². The average Bonchev–Trinajstić information content (AvgIpc) is 3.34. The molecule has 174 valence electrons. The summed E-state index contributed by atoms with van der Waals surface area (Å²) in [5, 5.41) is 11.9. The van der Waals surface area contributed by atoms with Crippen LogP contribution in [0, 0.1) is 0 Å². The van der Waals surface area contributed by atoms with Crippen molar-refractivity contribution in [3.05, 3.63) is 81.7 Å². The summed E-state index contributed by atoms with van der Waals surface area (Å²) in [7, 11) is 4.75. The lowest BCUT2D eigenvalue weighted by atomic mass is 10.1. The van der Waals surface area contributed by atoms with E-state index in [0.29, 0.717) is 0 Å². The molecule has 5 nitrogen and oxygen atoms in total. The molecular weight excluding hydrogens is 418 g/mol. The number of aliphatic hydroxyl groups excluding tert-OH is 1. The van der Waals surface area contributed by atoms with Gasteiger partial charge in [0.2, 0.25) is 0 Å². The minimum atomic E-state index is 0.717. The van der Waals surface area contributed by atoms with Crippen LogP contribution in [0.2, 0.25) is 0 Å². The fourth-order valence-corrected chi connectivity index (χ4v) is 3.75. The third kappa shape index (κ3) is 10.2. The standard InChI is InChI=1S/C23H26N2OS.C2H7N.CH4O/c1-2-3-9-23-24-15-21(6-4-7-22-8-5-14-27-22)17-25(23)16-19-10-12-20(18-26)13-11-19;1-3-2;1-2/h4-6,8,10-15,18H,2-3,7,9,16-17H2,1H3;3H,1-2H3;2H,1H3/b6-4-;;. The highest BCUT2D eigenvalue weighted by atomic mass is 32.1. The third-order valence-corrected chi connectivity index (χ3v) is 5.49. The lowest BCUT2D eigenvalue weighted by Crippen LogP contribution is -2.34. The first-order valence-corrected chi connectivity index (χ1v) is 11.8. The molecule has 1 aliphatic heterocycles. The number of unbranched alkanes of at least 4 members (excludes halogenated alkanes) is 1. The maximum atomic E-state index is 10.9. The maximum Gasteiger partial charge on any atom is 0.150 e. The van der Waals surface area contributed by atoms with E-state index in [1.807, 2.05) is 44.6 Å². The minimum absolute atomic E-state index is 0.717. The number of thiophene rings is 1. The number of rotatable bonds is 9. The van der Waals surface area contributed by atoms with Crippen LogP contribution in [-0.4, -0.2) is 49.9 Å². The fraction of sp³-hybridized carbons (Fsp3) is 0.385. The summed E-state index contributed by atoms with van der Waals surface area (Å²) in [6.45, 7) is 3.90. The lowest BCUT2D eigenvalue weighted by Gasteiger charge is -2.29. The molecule has 0 saturated heterocycles. The Bertz CT molecular complexity index is 840. The van der Waals surface area contributed by atoms with Crippen molar-refractivity contribution in [2.45, 2.75) is 39.2 Å². The molecule has 0 bridgehead atoms. The van der Waals surface area contributed by atoms with Crippen LogP contribution in [0.25, 0.3) is 0 Å². The van der Waals surface area contributed by atoms with Gasteiger partial charge in [-0.25, -0.2) is 4.99 Å². The van der Waals surface area contributed by atoms with Gasteiger partial charge in [-0.15, -0.1) is 11.3 Å². The number of benzene rings is 1. The van der Waals surface area contributed by atoms with E-state index in [1.165, 1.54) is 16.0 Å². The molecule has 2 aromatic rings. The Morgan fingerprint density at radius 3 is 2.50 bits per heavy atom. The van der Waals surface area contributed by atoms with E-state index < -0.39 is 0 Å². The summed E-state index contributed by atoms with van der Waals surface area (Å²) in [5.41, 5.74) is 3.15. The highest BCUT2D eigenvalue weighted by molar-refractivity contribution is 7.09. The first kappa shape index (κ1) is 27.5. The van der Waals surface area contributed by atoms with E-state index in [4.69, 9.17) is 10.1 Å². The van der Waals surface area contributed by atoms with Gasteiger partial charge in [-0.1, -0.05) is 55.8 Å². The molecule has 0 amide bonds. The Morgan fingerprint density at radius 2 is 1.91 bits per heavy atom. The molecule has 2 N–H and O–H groups in total. The Hall–Kier alpha value is -2.54. The summed E-state index contributed by atoms with van der Waals surface area (Å²) in [4.78, 5) is 19.3. The molecule has 3 rings (SSSR count). The van der Waals surface area contributed by atoms with Crippen LogP contribution in [-0.2, 0) is 13.0 Å². The molecule has 0 radical (unpaired) electrons. The number of aldehydes is 1. The van der Waals surface area contributed by atoms with E-state index in [1.54, 1.807) is 11.3 Å². The van der Waals surface area contributed by atoms with Gasteiger partial charge in [0.25, 0.3) is 0 Å². The van der Waals surface area contributed by atoms with E-state index in [9.17, 15) is 4.79 Å². The molecule has 1 aromatic heterocycles. The second kappa shape index (κ2) is 17.1. The second-order valence-electron chi connectivity index (χ2n) is 7.25. The van der Waals surface area contributed by atoms with Gasteiger partial charge in [0.15, 0.2) is 0 Å². The van der Waals surface area contributed by atoms with Crippen LogP contribution in [0.3, 0.4) is 0 Å². The molecule has 1 aliphatic rings. The molecule has 0 unspecified atom stereocenters. The van der Waals surface area contributed by atoms with Gasteiger partial charge in [0.05, 0.1) is 0 Å². The van der Waals surface area contributed by atoms with Crippen molar-refractivity contribution >= 4 is 23.5 Å². The Labute approximate surface area is 197 Å². The quantitative estimate of drug-likeness (QED) is 0.517. The van der Waals surface area contributed by atoms with E-state index in [2.05, 4.69) is 46.8 Å². The second-order valence-corrected chi connectivity index (χ2v) is 8.29. The molecule has 6 heteroatoms. The van der Waals surface area contributed by atoms with Crippen molar-refractivity contribution in [2.24, 2.45) is 4.99 Å². The normalized spacial score (nSPS) is 12.8. The number of nitrogens with zero attached hydrogens (tertiary/aromatic N) is 2. The van der Waals surface area contributed by atoms with Crippen LogP contribution >= 0.6 is 11.3 Å². The topological polar surface area (TPSA) is 64.9 Å². The fourth-order valence-electron chi connectivity index (χ4n) is 3.07. The molecule has 0 saturated carbocycles. The van der Waals surface area contributed by atoms with Crippen LogP contribution in [0.4, 0.5) is 0 Å². The van der Waals surface area contributed by atoms with Gasteiger partial charge < -0.3 is 15.3 Å². The van der Waals surface area contributed by atoms with E-state index >= 15 is 0 Å². The molecular formula is C26H37N3O2S. The molecule has 0 atom stereocenters. The first-order chi connectivity index (χ1) is 15.7. The molecule has 0 aliphatic carbocycles. The predicted octanol–water partition coefficient (Wildman–Crippen LogP) is 5.09. The van der Waals surface area contributed by atoms with Crippen LogP contribution < -0.4 is 5.32 Å². The number of amidine groups is 1. The third-order valence-electron chi connectivity index (χ3n) is 4.59. The number of hydrogen-bond acceptors (Lipinski definition) is 6. The number of aliphatic hydroxyl groups is 1. The van der Waals surface area contributed by atoms with Gasteiger partial charge in [-0.3, -0.25) is 4.79 Å². The number of allylic oxidation sites excluding steroid dienone is 1. The monoisotopic (exact) mass is 455 g/mol. The van der Waals surface area contributed by atoms with Gasteiger partial charge in [-0.2, -0.15) is 0 Å². The predicted molar refractivity (Wildman–Crippen MR) is 138 cm³/mol. The van der Waals surface area contributed by atoms with E-state index in [-0.39, 0.29) is 0 Å². The van der Waals surface area contributed by atoms with E-state index in [0.717, 1.165) is 63.6 Å². The largest absolute Gasteiger partial charge is 0.400 e. The number of nitrogens with one attached hydrogen (secondary N) is 1. The maximum absolute atomic E-state index is 10.9. The number of aliphatic imine (C=N–C) groups is 1. The van der Waals surface area contributed by atoms with Gasteiger partial charge >= 0.3 is 0 Å². The highest BCUT2D eigenvalue weighted by Gasteiger charge is 2.16. The smallest absolute Gasteiger partial charge is 0.150 e. The van der Waals surface area contributed by atoms with Crippen LogP contribution in [0.1, 0.15) is 47.0 Å². The summed E-state index contributed by atoms with van der Waals surface area (Å²) in [6.07, 6.45) is 11.6. The zero-order chi connectivity index (χ0) is 23.6. The Kier molecular flexibility index (Phi) is 14.7. The molecule has 32 heavy (non-hydrogen) atoms. The number of carbonyl (C=O) groups is 1. The van der Waals surface area contributed by atoms with Gasteiger partial charge in [0.1, 0.15) is 12.1 Å². The molecule has 1 aromatic carbocycles. The minimum Gasteiger partial charge on any atom is -0.400 e. The van der Waals surface area contributed by atoms with Crippen LogP contribution in [0.15, 0.2) is 70.7 Å². The SMILES string of the molecule is CCCCC1=NC=C(/C=C\Cc2cccs2)CN1Cc1ccc(C=O)cc1.CNC.CO. The molecule has 2 heterocycles. The van der Waals surface area contributed by atoms with Crippen molar-refractivity contribution in [1.29, 1.82) is 0 Å². The zero-order valence-electron chi connectivity index (χ0n) is 19.8. The zero-order valence-corrected chi connectivity index (χ0v) is 20.6. The summed E-state index contributed by atoms with van der Waals surface area (Å²) >= 11 is 1.79. The van der Waals surface area contributed by atoms with Crippen LogP contribution in [0.5, 0.6) is 0 Å². The van der Waals surface area contributed by atoms with Crippen molar-refractivity contribution in [1.82, 2.24) is 10.2 Å². The summed E-state index contributed by atoms with van der Waals surface area (Å²) < 4.78 is 0. The number of carbonyl (C=O) groups excluding carboxylic acids is 1. The van der Waals surface area contributed by atoms with Crippen molar-refractivity contribution in [3.63, 3.8) is 0 Å². The van der Waals surface area contributed by atoms with Crippen molar-refractivity contribution < 1.29 is 9.90 Å². The highest BCUT2D eigenvalue weighted by Crippen LogP contribution is 2.18. The average molecular weight is 456 g/mol. The Morgan fingerprint density at radius 1 is 1.19 bits per heavy atom. The number of hydrogen-bond donors (Lipinski definition) is 2. The summed E-state index contributed by atoms with van der Waals surface area (Å²) in [5.74, 6) is 1.16. The van der Waals surface area contributed by atoms with Crippen molar-refractivity contribution in [2.75, 3.05) is 27.7 Å². The summed E-state index contributed by atoms with van der Waals surface area (Å²) in [6, 6.07) is 12.1. The molecule has 0 spiro atoms. The first-order valence-electron chi connectivity index (χ1n) is 11.0. The van der Waals surface area contributed by atoms with Gasteiger partial charge in [0, 0.05) is 49.7 Å². The van der Waals surface area contributed by atoms with Crippen molar-refractivity contribution in [3.8, 4) is 0 Å². The molecule has 0 fully saturated rings.